The lowest BCUT2D eigenvalue weighted by molar-refractivity contribution is -0.115. The smallest absolute Gasteiger partial charge is 0.228 e. The number of nitrogen functional groups attached to an aromatic ring is 1. The summed E-state index contributed by atoms with van der Waals surface area (Å²) in [5.74, 6) is -0.0117. The van der Waals surface area contributed by atoms with Gasteiger partial charge in [-0.15, -0.1) is 0 Å². The van der Waals surface area contributed by atoms with E-state index >= 15 is 0 Å². The van der Waals surface area contributed by atoms with E-state index in [2.05, 4.69) is 5.32 Å². The molecule has 20 heavy (non-hydrogen) atoms. The topological polar surface area (TPSA) is 55.1 Å². The molecular weight excluding hydrogens is 315 g/mol. The van der Waals surface area contributed by atoms with Gasteiger partial charge in [-0.05, 0) is 35.9 Å². The Bertz CT molecular complexity index is 719. The van der Waals surface area contributed by atoms with Crippen LogP contribution >= 0.6 is 35.0 Å². The van der Waals surface area contributed by atoms with E-state index in [1.54, 1.807) is 18.2 Å². The van der Waals surface area contributed by atoms with Crippen LogP contribution in [0.5, 0.6) is 0 Å². The van der Waals surface area contributed by atoms with E-state index in [0.29, 0.717) is 22.2 Å². The van der Waals surface area contributed by atoms with Crippen molar-refractivity contribution in [2.45, 2.75) is 16.2 Å². The second-order valence-corrected chi connectivity index (χ2v) is 6.38. The highest BCUT2D eigenvalue weighted by molar-refractivity contribution is 7.99. The van der Waals surface area contributed by atoms with Crippen LogP contribution in [0.1, 0.15) is 5.56 Å². The molecule has 3 rings (SSSR count). The summed E-state index contributed by atoms with van der Waals surface area (Å²) in [6, 6.07) is 8.98. The van der Waals surface area contributed by atoms with Gasteiger partial charge in [0.1, 0.15) is 0 Å². The van der Waals surface area contributed by atoms with Crippen molar-refractivity contribution in [2.24, 2.45) is 0 Å². The number of fused-ring (bicyclic) bond motifs is 1. The van der Waals surface area contributed by atoms with Crippen molar-refractivity contribution in [1.82, 2.24) is 0 Å². The molecule has 0 aromatic heterocycles. The van der Waals surface area contributed by atoms with Crippen LogP contribution < -0.4 is 11.1 Å². The van der Waals surface area contributed by atoms with Crippen molar-refractivity contribution in [1.29, 1.82) is 0 Å². The highest BCUT2D eigenvalue weighted by Gasteiger charge is 2.20. The number of benzene rings is 2. The maximum absolute atomic E-state index is 11.4. The van der Waals surface area contributed by atoms with Gasteiger partial charge in [0.2, 0.25) is 5.91 Å². The monoisotopic (exact) mass is 324 g/mol. The molecule has 102 valence electrons. The summed E-state index contributed by atoms with van der Waals surface area (Å²) in [4.78, 5) is 13.1. The van der Waals surface area contributed by atoms with Crippen LogP contribution in [0, 0.1) is 0 Å². The molecule has 0 fully saturated rings. The van der Waals surface area contributed by atoms with Gasteiger partial charge in [-0.25, -0.2) is 0 Å². The molecule has 1 aliphatic heterocycles. The minimum absolute atomic E-state index is 0.0117. The van der Waals surface area contributed by atoms with E-state index in [1.165, 1.54) is 11.8 Å². The highest BCUT2D eigenvalue weighted by atomic mass is 35.5. The van der Waals surface area contributed by atoms with Gasteiger partial charge in [-0.2, -0.15) is 0 Å². The molecule has 1 heterocycles. The fourth-order valence-electron chi connectivity index (χ4n) is 2.04. The Morgan fingerprint density at radius 2 is 1.95 bits per heavy atom. The van der Waals surface area contributed by atoms with E-state index in [4.69, 9.17) is 28.9 Å². The predicted octanol–water partition coefficient (Wildman–Crippen LogP) is 4.22. The van der Waals surface area contributed by atoms with E-state index in [9.17, 15) is 4.79 Å². The summed E-state index contributed by atoms with van der Waals surface area (Å²) in [7, 11) is 0. The number of carbonyl (C=O) groups is 1. The molecule has 0 saturated heterocycles. The average molecular weight is 325 g/mol. The normalized spacial score (nSPS) is 13.2. The van der Waals surface area contributed by atoms with Gasteiger partial charge in [0, 0.05) is 26.2 Å². The van der Waals surface area contributed by atoms with Crippen molar-refractivity contribution in [3.05, 3.63) is 45.9 Å². The first kappa shape index (κ1) is 13.6. The number of anilines is 2. The van der Waals surface area contributed by atoms with Crippen molar-refractivity contribution >= 4 is 52.2 Å². The Kier molecular flexibility index (Phi) is 3.54. The van der Waals surface area contributed by atoms with Gasteiger partial charge < -0.3 is 11.1 Å². The molecule has 0 atom stereocenters. The minimum Gasteiger partial charge on any atom is -0.398 e. The van der Waals surface area contributed by atoms with Crippen molar-refractivity contribution in [3.63, 3.8) is 0 Å². The number of carbonyl (C=O) groups excluding carboxylic acids is 1. The molecule has 0 radical (unpaired) electrons. The van der Waals surface area contributed by atoms with Gasteiger partial charge in [-0.1, -0.05) is 35.0 Å². The van der Waals surface area contributed by atoms with Crippen LogP contribution in [0.3, 0.4) is 0 Å². The van der Waals surface area contributed by atoms with E-state index in [0.717, 1.165) is 21.0 Å². The third-order valence-corrected chi connectivity index (χ3v) is 4.78. The molecule has 2 aromatic rings. The van der Waals surface area contributed by atoms with Crippen molar-refractivity contribution in [3.8, 4) is 0 Å². The Labute approximate surface area is 130 Å². The Hall–Kier alpha value is -1.36. The second-order valence-electron chi connectivity index (χ2n) is 4.45. The Morgan fingerprint density at radius 1 is 1.15 bits per heavy atom. The lowest BCUT2D eigenvalue weighted by Gasteiger charge is -2.10. The van der Waals surface area contributed by atoms with Crippen LogP contribution in [0.15, 0.2) is 40.1 Å². The molecule has 0 unspecified atom stereocenters. The number of hydrogen-bond donors (Lipinski definition) is 2. The summed E-state index contributed by atoms with van der Waals surface area (Å²) in [6.45, 7) is 0. The summed E-state index contributed by atoms with van der Waals surface area (Å²) in [6.07, 6.45) is 0.377. The molecule has 6 heteroatoms. The van der Waals surface area contributed by atoms with Crippen molar-refractivity contribution < 1.29 is 4.79 Å². The molecule has 0 spiro atoms. The third-order valence-electron chi connectivity index (χ3n) is 2.97. The summed E-state index contributed by atoms with van der Waals surface area (Å²) >= 11 is 13.6. The fraction of sp³-hybridized carbons (Fsp3) is 0.0714. The maximum atomic E-state index is 11.4. The predicted molar refractivity (Wildman–Crippen MR) is 83.8 cm³/mol. The Morgan fingerprint density at radius 3 is 2.75 bits per heavy atom. The lowest BCUT2D eigenvalue weighted by atomic mass is 10.1. The lowest BCUT2D eigenvalue weighted by Crippen LogP contribution is -2.03. The zero-order valence-corrected chi connectivity index (χ0v) is 12.6. The third kappa shape index (κ3) is 2.59. The molecule has 1 aliphatic rings. The van der Waals surface area contributed by atoms with E-state index in [-0.39, 0.29) is 5.91 Å². The zero-order valence-electron chi connectivity index (χ0n) is 10.2. The first-order valence-electron chi connectivity index (χ1n) is 5.88. The second kappa shape index (κ2) is 5.20. The molecule has 0 bridgehead atoms. The molecule has 3 nitrogen and oxygen atoms in total. The first-order valence-corrected chi connectivity index (χ1v) is 7.45. The van der Waals surface area contributed by atoms with Gasteiger partial charge in [0.05, 0.1) is 11.4 Å². The summed E-state index contributed by atoms with van der Waals surface area (Å²) in [5, 5.41) is 4.04. The number of rotatable bonds is 2. The van der Waals surface area contributed by atoms with Crippen LogP contribution in [-0.4, -0.2) is 5.91 Å². The van der Waals surface area contributed by atoms with Gasteiger partial charge in [0.15, 0.2) is 0 Å². The first-order chi connectivity index (χ1) is 9.52. The standard InChI is InChI=1S/C14H10Cl2N2OS/c15-8-1-2-9(16)12(5-8)20-13-6-11-7(3-10(13)17)4-14(19)18-11/h1-3,5-6H,4,17H2,(H,18,19). The average Bonchev–Trinajstić information content (AvgIpc) is 2.73. The number of halogens is 2. The fourth-order valence-corrected chi connectivity index (χ4v) is 3.45. The van der Waals surface area contributed by atoms with E-state index < -0.39 is 0 Å². The number of hydrogen-bond acceptors (Lipinski definition) is 3. The Balaban J connectivity index is 1.97. The molecule has 0 aliphatic carbocycles. The molecule has 0 saturated carbocycles. The largest absolute Gasteiger partial charge is 0.398 e. The van der Waals surface area contributed by atoms with Gasteiger partial charge in [-0.3, -0.25) is 4.79 Å². The zero-order chi connectivity index (χ0) is 14.3. The molecule has 3 N–H and O–H groups in total. The van der Waals surface area contributed by atoms with Gasteiger partial charge >= 0.3 is 0 Å². The van der Waals surface area contributed by atoms with Gasteiger partial charge in [0.25, 0.3) is 0 Å². The van der Waals surface area contributed by atoms with Crippen LogP contribution in [0.2, 0.25) is 10.0 Å². The number of nitrogens with one attached hydrogen (secondary N) is 1. The number of amides is 1. The van der Waals surface area contributed by atoms with Crippen LogP contribution in [0.4, 0.5) is 11.4 Å². The van der Waals surface area contributed by atoms with Crippen LogP contribution in [0.25, 0.3) is 0 Å². The van der Waals surface area contributed by atoms with Crippen molar-refractivity contribution in [2.75, 3.05) is 11.1 Å². The minimum atomic E-state index is -0.0117. The quantitative estimate of drug-likeness (QED) is 0.813. The summed E-state index contributed by atoms with van der Waals surface area (Å²) < 4.78 is 0. The molecule has 2 aromatic carbocycles. The summed E-state index contributed by atoms with van der Waals surface area (Å²) in [5.41, 5.74) is 8.40. The molecular formula is C14H10Cl2N2OS. The van der Waals surface area contributed by atoms with Crippen LogP contribution in [-0.2, 0) is 11.2 Å². The highest BCUT2D eigenvalue weighted by Crippen LogP contribution is 2.40. The van der Waals surface area contributed by atoms with E-state index in [1.807, 2.05) is 12.1 Å². The number of nitrogens with two attached hydrogens (primary N) is 1. The maximum Gasteiger partial charge on any atom is 0.228 e. The molecule has 1 amide bonds. The SMILES string of the molecule is Nc1cc2c(cc1Sc1cc(Cl)ccc1Cl)NC(=O)C2.